The third-order valence-electron chi connectivity index (χ3n) is 2.95. The van der Waals surface area contributed by atoms with Gasteiger partial charge in [-0.3, -0.25) is 4.79 Å². The van der Waals surface area contributed by atoms with Crippen molar-refractivity contribution < 1.29 is 4.79 Å². The first-order valence-corrected chi connectivity index (χ1v) is 6.86. The number of rotatable bonds is 10. The summed E-state index contributed by atoms with van der Waals surface area (Å²) in [6.45, 7) is 13.1. The molecule has 0 radical (unpaired) electrons. The highest BCUT2D eigenvalue weighted by atomic mass is 16.1. The van der Waals surface area contributed by atoms with E-state index in [4.69, 9.17) is 0 Å². The molecule has 0 aromatic heterocycles. The Kier molecular flexibility index (Phi) is 10.2. The molecule has 4 nitrogen and oxygen atoms in total. The molecule has 0 heterocycles. The van der Waals surface area contributed by atoms with Crippen LogP contribution in [0.25, 0.3) is 0 Å². The molecule has 4 heteroatoms. The van der Waals surface area contributed by atoms with Crippen LogP contribution in [0.5, 0.6) is 0 Å². The van der Waals surface area contributed by atoms with E-state index in [9.17, 15) is 4.79 Å². The van der Waals surface area contributed by atoms with Crippen LogP contribution in [0.1, 0.15) is 40.5 Å². The molecular formula is C13H29N3O. The summed E-state index contributed by atoms with van der Waals surface area (Å²) >= 11 is 0. The van der Waals surface area contributed by atoms with Gasteiger partial charge < -0.3 is 15.5 Å². The Morgan fingerprint density at radius 2 is 1.88 bits per heavy atom. The predicted molar refractivity (Wildman–Crippen MR) is 73.2 cm³/mol. The molecule has 1 atom stereocenters. The van der Waals surface area contributed by atoms with Gasteiger partial charge in [-0.2, -0.15) is 0 Å². The number of likely N-dealkylation sites (N-methyl/N-ethyl adjacent to an activating group) is 1. The zero-order chi connectivity index (χ0) is 13.1. The molecule has 0 saturated carbocycles. The standard InChI is InChI=1S/C13H29N3O/c1-5-14-11-13(17)15-12(4)9-8-10-16(6-2)7-3/h12,14H,5-11H2,1-4H3,(H,15,17). The summed E-state index contributed by atoms with van der Waals surface area (Å²) in [6.07, 6.45) is 2.19. The molecule has 0 aromatic carbocycles. The van der Waals surface area contributed by atoms with Gasteiger partial charge in [-0.25, -0.2) is 0 Å². The van der Waals surface area contributed by atoms with Gasteiger partial charge in [0.05, 0.1) is 6.54 Å². The van der Waals surface area contributed by atoms with E-state index in [1.54, 1.807) is 0 Å². The molecule has 0 aromatic rings. The molecule has 17 heavy (non-hydrogen) atoms. The van der Waals surface area contributed by atoms with Crippen LogP contribution in [0, 0.1) is 0 Å². The smallest absolute Gasteiger partial charge is 0.234 e. The van der Waals surface area contributed by atoms with Crippen molar-refractivity contribution in [2.75, 3.05) is 32.7 Å². The molecule has 0 aliphatic heterocycles. The Labute approximate surface area is 106 Å². The Bertz CT molecular complexity index is 193. The lowest BCUT2D eigenvalue weighted by atomic mass is 10.1. The van der Waals surface area contributed by atoms with Crippen molar-refractivity contribution in [1.82, 2.24) is 15.5 Å². The van der Waals surface area contributed by atoms with E-state index < -0.39 is 0 Å². The van der Waals surface area contributed by atoms with Crippen LogP contribution in [-0.4, -0.2) is 49.6 Å². The maximum absolute atomic E-state index is 11.4. The largest absolute Gasteiger partial charge is 0.353 e. The first kappa shape index (κ1) is 16.4. The Balaban J connectivity index is 3.58. The van der Waals surface area contributed by atoms with E-state index in [0.29, 0.717) is 6.54 Å². The summed E-state index contributed by atoms with van der Waals surface area (Å²) in [5, 5.41) is 6.03. The molecule has 1 amide bonds. The summed E-state index contributed by atoms with van der Waals surface area (Å²) in [7, 11) is 0. The first-order chi connectivity index (χ1) is 8.13. The van der Waals surface area contributed by atoms with Crippen LogP contribution in [-0.2, 0) is 4.79 Å². The number of carbonyl (C=O) groups excluding carboxylic acids is 1. The zero-order valence-electron chi connectivity index (χ0n) is 11.9. The van der Waals surface area contributed by atoms with E-state index in [2.05, 4.69) is 36.3 Å². The summed E-state index contributed by atoms with van der Waals surface area (Å²) in [4.78, 5) is 13.8. The lowest BCUT2D eigenvalue weighted by Gasteiger charge is -2.19. The van der Waals surface area contributed by atoms with Gasteiger partial charge in [-0.1, -0.05) is 20.8 Å². The van der Waals surface area contributed by atoms with Crippen LogP contribution in [0.4, 0.5) is 0 Å². The van der Waals surface area contributed by atoms with Crippen molar-refractivity contribution in [1.29, 1.82) is 0 Å². The lowest BCUT2D eigenvalue weighted by Crippen LogP contribution is -2.39. The van der Waals surface area contributed by atoms with Gasteiger partial charge in [0.1, 0.15) is 0 Å². The molecule has 0 aliphatic carbocycles. The zero-order valence-corrected chi connectivity index (χ0v) is 11.9. The third kappa shape index (κ3) is 9.12. The minimum Gasteiger partial charge on any atom is -0.353 e. The third-order valence-corrected chi connectivity index (χ3v) is 2.95. The molecule has 0 spiro atoms. The van der Waals surface area contributed by atoms with Gasteiger partial charge in [0.15, 0.2) is 0 Å². The topological polar surface area (TPSA) is 44.4 Å². The quantitative estimate of drug-likeness (QED) is 0.606. The summed E-state index contributed by atoms with van der Waals surface area (Å²) in [5.74, 6) is 0.0992. The van der Waals surface area contributed by atoms with Gasteiger partial charge >= 0.3 is 0 Å². The molecule has 0 bridgehead atoms. The Morgan fingerprint density at radius 1 is 1.24 bits per heavy atom. The SMILES string of the molecule is CCNCC(=O)NC(C)CCCN(CC)CC. The van der Waals surface area contributed by atoms with Gasteiger partial charge in [0.2, 0.25) is 5.91 Å². The number of hydrogen-bond acceptors (Lipinski definition) is 3. The first-order valence-electron chi connectivity index (χ1n) is 6.86. The minimum atomic E-state index is 0.0992. The van der Waals surface area contributed by atoms with Crippen LogP contribution in [0.3, 0.4) is 0 Å². The fraction of sp³-hybridized carbons (Fsp3) is 0.923. The second-order valence-corrected chi connectivity index (χ2v) is 4.42. The van der Waals surface area contributed by atoms with Crippen LogP contribution >= 0.6 is 0 Å². The minimum absolute atomic E-state index is 0.0992. The van der Waals surface area contributed by atoms with E-state index in [1.807, 2.05) is 6.92 Å². The molecule has 0 saturated heterocycles. The Hall–Kier alpha value is -0.610. The molecule has 0 fully saturated rings. The van der Waals surface area contributed by atoms with Gasteiger partial charge in [0, 0.05) is 6.04 Å². The molecule has 1 unspecified atom stereocenters. The van der Waals surface area contributed by atoms with Crippen molar-refractivity contribution >= 4 is 5.91 Å². The summed E-state index contributed by atoms with van der Waals surface area (Å²) < 4.78 is 0. The van der Waals surface area contributed by atoms with Gasteiger partial charge in [0.25, 0.3) is 0 Å². The second kappa shape index (κ2) is 10.5. The van der Waals surface area contributed by atoms with Crippen molar-refractivity contribution in [2.45, 2.75) is 46.6 Å². The number of nitrogens with one attached hydrogen (secondary N) is 2. The predicted octanol–water partition coefficient (Wildman–Crippen LogP) is 1.22. The number of nitrogens with zero attached hydrogens (tertiary/aromatic N) is 1. The highest BCUT2D eigenvalue weighted by Gasteiger charge is 2.07. The highest BCUT2D eigenvalue weighted by Crippen LogP contribution is 1.99. The highest BCUT2D eigenvalue weighted by molar-refractivity contribution is 5.78. The van der Waals surface area contributed by atoms with Crippen molar-refractivity contribution in [2.24, 2.45) is 0 Å². The van der Waals surface area contributed by atoms with Crippen molar-refractivity contribution in [3.63, 3.8) is 0 Å². The van der Waals surface area contributed by atoms with Crippen molar-refractivity contribution in [3.05, 3.63) is 0 Å². The number of hydrogen-bond donors (Lipinski definition) is 2. The molecule has 2 N–H and O–H groups in total. The summed E-state index contributed by atoms with van der Waals surface area (Å²) in [6, 6.07) is 0.275. The van der Waals surface area contributed by atoms with E-state index in [-0.39, 0.29) is 11.9 Å². The maximum atomic E-state index is 11.4. The fourth-order valence-corrected chi connectivity index (χ4v) is 1.80. The molecule has 0 aliphatic rings. The average Bonchev–Trinajstić information content (AvgIpc) is 2.32. The monoisotopic (exact) mass is 243 g/mol. The lowest BCUT2D eigenvalue weighted by molar-refractivity contribution is -0.120. The fourth-order valence-electron chi connectivity index (χ4n) is 1.80. The van der Waals surface area contributed by atoms with E-state index >= 15 is 0 Å². The maximum Gasteiger partial charge on any atom is 0.234 e. The summed E-state index contributed by atoms with van der Waals surface area (Å²) in [5.41, 5.74) is 0. The molecule has 0 rings (SSSR count). The average molecular weight is 243 g/mol. The van der Waals surface area contributed by atoms with Crippen LogP contribution < -0.4 is 10.6 Å². The van der Waals surface area contributed by atoms with Gasteiger partial charge in [-0.05, 0) is 45.9 Å². The van der Waals surface area contributed by atoms with Crippen molar-refractivity contribution in [3.8, 4) is 0 Å². The second-order valence-electron chi connectivity index (χ2n) is 4.42. The molecular weight excluding hydrogens is 214 g/mol. The molecule has 102 valence electrons. The van der Waals surface area contributed by atoms with Gasteiger partial charge in [-0.15, -0.1) is 0 Å². The van der Waals surface area contributed by atoms with Crippen LogP contribution in [0.15, 0.2) is 0 Å². The van der Waals surface area contributed by atoms with E-state index in [1.165, 1.54) is 0 Å². The van der Waals surface area contributed by atoms with E-state index in [0.717, 1.165) is 39.0 Å². The normalized spacial score (nSPS) is 12.8. The van der Waals surface area contributed by atoms with Crippen LogP contribution in [0.2, 0.25) is 0 Å². The Morgan fingerprint density at radius 3 is 2.41 bits per heavy atom. The number of amides is 1. The number of carbonyl (C=O) groups is 1.